The number of ether oxygens (including phenoxy) is 1. The van der Waals surface area contributed by atoms with Crippen LogP contribution in [0.25, 0.3) is 0 Å². The van der Waals surface area contributed by atoms with E-state index in [1.165, 1.54) is 11.8 Å². The molecule has 0 spiro atoms. The van der Waals surface area contributed by atoms with Gasteiger partial charge in [0.2, 0.25) is 0 Å². The average Bonchev–Trinajstić information content (AvgIpc) is 2.41. The van der Waals surface area contributed by atoms with Gasteiger partial charge in [0.25, 0.3) is 0 Å². The minimum atomic E-state index is -1.70. The second-order valence-electron chi connectivity index (χ2n) is 5.66. The van der Waals surface area contributed by atoms with Crippen LogP contribution in [0, 0.1) is 0 Å². The van der Waals surface area contributed by atoms with Crippen molar-refractivity contribution in [3.63, 3.8) is 0 Å². The van der Waals surface area contributed by atoms with Crippen LogP contribution >= 0.6 is 11.8 Å². The second-order valence-corrected chi connectivity index (χ2v) is 6.75. The summed E-state index contributed by atoms with van der Waals surface area (Å²) < 4.78 is 5.09. The molecule has 7 heteroatoms. The summed E-state index contributed by atoms with van der Waals surface area (Å²) in [5.74, 6) is -1.19. The zero-order valence-electron chi connectivity index (χ0n) is 12.8. The summed E-state index contributed by atoms with van der Waals surface area (Å²) in [6, 6.07) is 8.34. The van der Waals surface area contributed by atoms with Gasteiger partial charge in [-0.1, -0.05) is 18.2 Å². The number of carboxylic acid groups (broad SMARTS) is 1. The highest BCUT2D eigenvalue weighted by atomic mass is 32.2. The van der Waals surface area contributed by atoms with Gasteiger partial charge >= 0.3 is 12.1 Å². The molecule has 0 heterocycles. The fourth-order valence-electron chi connectivity index (χ4n) is 1.55. The molecule has 0 saturated heterocycles. The number of carbonyl (C=O) groups is 2. The first-order valence-corrected chi connectivity index (χ1v) is 7.76. The Morgan fingerprint density at radius 3 is 2.36 bits per heavy atom. The summed E-state index contributed by atoms with van der Waals surface area (Å²) in [5.41, 5.74) is -0.699. The van der Waals surface area contributed by atoms with Crippen LogP contribution in [0.2, 0.25) is 0 Å². The van der Waals surface area contributed by atoms with Crippen molar-refractivity contribution in [3.05, 3.63) is 30.3 Å². The molecule has 0 unspecified atom stereocenters. The molecule has 0 aromatic heterocycles. The number of thioether (sulfide) groups is 1. The number of amides is 1. The summed E-state index contributed by atoms with van der Waals surface area (Å²) >= 11 is 1.34. The average molecular weight is 327 g/mol. The Labute approximate surface area is 133 Å². The number of nitrogens with one attached hydrogen (secondary N) is 1. The topological polar surface area (TPSA) is 95.9 Å². The maximum Gasteiger partial charge on any atom is 0.408 e. The zero-order valence-corrected chi connectivity index (χ0v) is 13.6. The van der Waals surface area contributed by atoms with Crippen LogP contribution in [-0.2, 0) is 9.53 Å². The molecule has 0 aliphatic rings. The Kier molecular flexibility index (Phi) is 6.70. The molecule has 0 aliphatic heterocycles. The quantitative estimate of drug-likeness (QED) is 0.693. The molecule has 2 atom stereocenters. The van der Waals surface area contributed by atoms with E-state index in [-0.39, 0.29) is 5.75 Å². The van der Waals surface area contributed by atoms with Crippen LogP contribution in [-0.4, -0.2) is 45.8 Å². The maximum atomic E-state index is 11.8. The molecule has 1 rings (SSSR count). The highest BCUT2D eigenvalue weighted by Crippen LogP contribution is 2.19. The fourth-order valence-corrected chi connectivity index (χ4v) is 2.53. The number of hydrogen-bond donors (Lipinski definition) is 3. The molecule has 122 valence electrons. The van der Waals surface area contributed by atoms with Crippen molar-refractivity contribution in [1.29, 1.82) is 0 Å². The van der Waals surface area contributed by atoms with Crippen LogP contribution in [0.1, 0.15) is 20.8 Å². The standard InChI is InChI=1S/C15H21NO5S/c1-15(2,3)21-14(20)16-11(12(17)13(18)19)9-22-10-7-5-4-6-8-10/h4-8,11-12,17H,9H2,1-3H3,(H,16,20)(H,18,19)/t11-,12-/m0/s1. The van der Waals surface area contributed by atoms with Crippen molar-refractivity contribution in [3.8, 4) is 0 Å². The Morgan fingerprint density at radius 1 is 1.27 bits per heavy atom. The normalized spacial score (nSPS) is 14.0. The van der Waals surface area contributed by atoms with E-state index in [9.17, 15) is 14.7 Å². The Hall–Kier alpha value is -1.73. The van der Waals surface area contributed by atoms with Crippen LogP contribution in [0.15, 0.2) is 35.2 Å². The number of aliphatic hydroxyl groups is 1. The van der Waals surface area contributed by atoms with Gasteiger partial charge in [-0.3, -0.25) is 0 Å². The summed E-state index contributed by atoms with van der Waals surface area (Å²) in [6.45, 7) is 5.11. The molecular weight excluding hydrogens is 306 g/mol. The highest BCUT2D eigenvalue weighted by molar-refractivity contribution is 7.99. The Balaban J connectivity index is 2.68. The monoisotopic (exact) mass is 327 g/mol. The van der Waals surface area contributed by atoms with E-state index in [0.29, 0.717) is 0 Å². The van der Waals surface area contributed by atoms with Crippen molar-refractivity contribution >= 4 is 23.8 Å². The van der Waals surface area contributed by atoms with E-state index in [0.717, 1.165) is 4.90 Å². The highest BCUT2D eigenvalue weighted by Gasteiger charge is 2.29. The second kappa shape index (κ2) is 8.05. The third-order valence-corrected chi connectivity index (χ3v) is 3.64. The van der Waals surface area contributed by atoms with E-state index >= 15 is 0 Å². The lowest BCUT2D eigenvalue weighted by atomic mass is 10.2. The summed E-state index contributed by atoms with van der Waals surface area (Å²) in [7, 11) is 0. The van der Waals surface area contributed by atoms with Gasteiger partial charge < -0.3 is 20.3 Å². The van der Waals surface area contributed by atoms with Crippen molar-refractivity contribution < 1.29 is 24.5 Å². The van der Waals surface area contributed by atoms with Gasteiger partial charge in [0.15, 0.2) is 6.10 Å². The minimum absolute atomic E-state index is 0.205. The summed E-state index contributed by atoms with van der Waals surface area (Å²) in [5, 5.41) is 21.1. The third kappa shape index (κ3) is 6.82. The molecule has 22 heavy (non-hydrogen) atoms. The molecular formula is C15H21NO5S. The Bertz CT molecular complexity index is 500. The Morgan fingerprint density at radius 2 is 1.86 bits per heavy atom. The predicted molar refractivity (Wildman–Crippen MR) is 84.0 cm³/mol. The molecule has 6 nitrogen and oxygen atoms in total. The first-order valence-electron chi connectivity index (χ1n) is 6.77. The molecule has 0 aliphatic carbocycles. The van der Waals surface area contributed by atoms with E-state index in [1.54, 1.807) is 20.8 Å². The predicted octanol–water partition coefficient (Wildman–Crippen LogP) is 2.12. The van der Waals surface area contributed by atoms with Crippen molar-refractivity contribution in [2.24, 2.45) is 0 Å². The summed E-state index contributed by atoms with van der Waals surface area (Å²) in [6.07, 6.45) is -2.46. The van der Waals surface area contributed by atoms with Crippen molar-refractivity contribution in [2.45, 2.75) is 43.4 Å². The number of rotatable bonds is 6. The first kappa shape index (κ1) is 18.3. The lowest BCUT2D eigenvalue weighted by Crippen LogP contribution is -2.49. The zero-order chi connectivity index (χ0) is 16.8. The lowest BCUT2D eigenvalue weighted by Gasteiger charge is -2.24. The largest absolute Gasteiger partial charge is 0.479 e. The van der Waals surface area contributed by atoms with Gasteiger partial charge in [0, 0.05) is 10.6 Å². The van der Waals surface area contributed by atoms with E-state index in [1.807, 2.05) is 30.3 Å². The number of carboxylic acids is 1. The van der Waals surface area contributed by atoms with E-state index < -0.39 is 29.8 Å². The van der Waals surface area contributed by atoms with Crippen LogP contribution in [0.4, 0.5) is 4.79 Å². The summed E-state index contributed by atoms with van der Waals surface area (Å²) in [4.78, 5) is 23.6. The van der Waals surface area contributed by atoms with Gasteiger partial charge in [-0.25, -0.2) is 9.59 Å². The SMILES string of the molecule is CC(C)(C)OC(=O)N[C@@H](CSc1ccccc1)[C@H](O)C(=O)O. The number of alkyl carbamates (subject to hydrolysis) is 1. The number of benzene rings is 1. The van der Waals surface area contributed by atoms with Gasteiger partial charge in [-0.05, 0) is 32.9 Å². The molecule has 0 radical (unpaired) electrons. The number of aliphatic hydroxyl groups excluding tert-OH is 1. The molecule has 0 bridgehead atoms. The maximum absolute atomic E-state index is 11.8. The smallest absolute Gasteiger partial charge is 0.408 e. The molecule has 0 saturated carbocycles. The molecule has 0 fully saturated rings. The molecule has 1 aromatic rings. The molecule has 3 N–H and O–H groups in total. The number of carbonyl (C=O) groups excluding carboxylic acids is 1. The van der Waals surface area contributed by atoms with Gasteiger partial charge in [-0.2, -0.15) is 0 Å². The third-order valence-electron chi connectivity index (χ3n) is 2.51. The van der Waals surface area contributed by atoms with E-state index in [2.05, 4.69) is 5.32 Å². The number of hydrogen-bond acceptors (Lipinski definition) is 5. The fraction of sp³-hybridized carbons (Fsp3) is 0.467. The van der Waals surface area contributed by atoms with Crippen LogP contribution < -0.4 is 5.32 Å². The lowest BCUT2D eigenvalue weighted by molar-refractivity contribution is -0.147. The molecule has 1 aromatic carbocycles. The van der Waals surface area contributed by atoms with Gasteiger partial charge in [0.05, 0.1) is 6.04 Å². The van der Waals surface area contributed by atoms with Crippen molar-refractivity contribution in [2.75, 3.05) is 5.75 Å². The van der Waals surface area contributed by atoms with Crippen molar-refractivity contribution in [1.82, 2.24) is 5.32 Å². The van der Waals surface area contributed by atoms with Gasteiger partial charge in [0.1, 0.15) is 5.60 Å². The van der Waals surface area contributed by atoms with E-state index in [4.69, 9.17) is 9.84 Å². The molecule has 1 amide bonds. The number of aliphatic carboxylic acids is 1. The van der Waals surface area contributed by atoms with Gasteiger partial charge in [-0.15, -0.1) is 11.8 Å². The first-order chi connectivity index (χ1) is 10.2. The minimum Gasteiger partial charge on any atom is -0.479 e. The van der Waals surface area contributed by atoms with Crippen LogP contribution in [0.3, 0.4) is 0 Å². The van der Waals surface area contributed by atoms with Crippen LogP contribution in [0.5, 0.6) is 0 Å².